The van der Waals surface area contributed by atoms with Crippen LogP contribution in [0.2, 0.25) is 0 Å². The van der Waals surface area contributed by atoms with E-state index in [4.69, 9.17) is 4.74 Å². The molecule has 1 aliphatic carbocycles. The summed E-state index contributed by atoms with van der Waals surface area (Å²) in [6, 6.07) is 6.59. The molecule has 2 bridgehead atoms. The van der Waals surface area contributed by atoms with Gasteiger partial charge >= 0.3 is 6.09 Å². The van der Waals surface area contributed by atoms with Gasteiger partial charge in [-0.1, -0.05) is 31.4 Å². The number of ether oxygens (including phenoxy) is 1. The van der Waals surface area contributed by atoms with Crippen molar-refractivity contribution in [3.05, 3.63) is 30.1 Å². The lowest BCUT2D eigenvalue weighted by atomic mass is 9.84. The lowest BCUT2D eigenvalue weighted by molar-refractivity contribution is -0.928. The molecular formula is C22H32FN2O2+. The van der Waals surface area contributed by atoms with Crippen LogP contribution in [-0.2, 0) is 4.74 Å². The van der Waals surface area contributed by atoms with Crippen molar-refractivity contribution in [3.63, 3.8) is 0 Å². The minimum atomic E-state index is -0.365. The van der Waals surface area contributed by atoms with Crippen LogP contribution in [0, 0.1) is 17.7 Å². The molecule has 3 saturated heterocycles. The third-order valence-electron chi connectivity index (χ3n) is 7.01. The highest BCUT2D eigenvalue weighted by Gasteiger charge is 2.45. The van der Waals surface area contributed by atoms with Crippen molar-refractivity contribution in [1.29, 1.82) is 0 Å². The summed E-state index contributed by atoms with van der Waals surface area (Å²) in [6.07, 6.45) is 7.73. The Morgan fingerprint density at radius 1 is 1.15 bits per heavy atom. The maximum absolute atomic E-state index is 14.5. The first kappa shape index (κ1) is 18.7. The minimum absolute atomic E-state index is 0.0365. The van der Waals surface area contributed by atoms with Gasteiger partial charge in [0.05, 0.1) is 25.8 Å². The van der Waals surface area contributed by atoms with E-state index in [0.717, 1.165) is 36.7 Å². The fraction of sp³-hybridized carbons (Fsp3) is 0.682. The first-order valence-electron chi connectivity index (χ1n) is 10.6. The van der Waals surface area contributed by atoms with Gasteiger partial charge < -0.3 is 9.22 Å². The summed E-state index contributed by atoms with van der Waals surface area (Å²) in [5.41, 5.74) is 0.356. The van der Waals surface area contributed by atoms with Crippen LogP contribution in [0.25, 0.3) is 0 Å². The fourth-order valence-electron chi connectivity index (χ4n) is 5.25. The Hall–Kier alpha value is -1.62. The van der Waals surface area contributed by atoms with E-state index >= 15 is 0 Å². The van der Waals surface area contributed by atoms with E-state index in [2.05, 4.69) is 7.05 Å². The molecule has 0 unspecified atom stereocenters. The predicted octanol–water partition coefficient (Wildman–Crippen LogP) is 4.59. The molecule has 3 aliphatic heterocycles. The second kappa shape index (κ2) is 7.78. The molecule has 0 radical (unpaired) electrons. The number of quaternary nitrogens is 1. The summed E-state index contributed by atoms with van der Waals surface area (Å²) in [5, 5.41) is 0. The van der Waals surface area contributed by atoms with E-state index in [0.29, 0.717) is 24.1 Å². The molecule has 148 valence electrons. The van der Waals surface area contributed by atoms with E-state index in [1.54, 1.807) is 23.1 Å². The van der Waals surface area contributed by atoms with Crippen molar-refractivity contribution in [2.24, 2.45) is 11.8 Å². The smallest absolute Gasteiger partial charge is 0.414 e. The number of para-hydroxylation sites is 1. The van der Waals surface area contributed by atoms with Crippen molar-refractivity contribution in [3.8, 4) is 0 Å². The lowest BCUT2D eigenvalue weighted by Gasteiger charge is -2.50. The lowest BCUT2D eigenvalue weighted by Crippen LogP contribution is -2.62. The summed E-state index contributed by atoms with van der Waals surface area (Å²) in [7, 11) is 2.26. The van der Waals surface area contributed by atoms with Gasteiger partial charge in [-0.3, -0.25) is 4.90 Å². The van der Waals surface area contributed by atoms with Crippen molar-refractivity contribution >= 4 is 11.8 Å². The molecule has 1 aromatic carbocycles. The molecule has 1 aromatic rings. The van der Waals surface area contributed by atoms with Crippen molar-refractivity contribution in [2.45, 2.75) is 51.0 Å². The topological polar surface area (TPSA) is 29.5 Å². The maximum atomic E-state index is 14.5. The number of benzene rings is 1. The van der Waals surface area contributed by atoms with Crippen LogP contribution >= 0.6 is 0 Å². The van der Waals surface area contributed by atoms with Crippen molar-refractivity contribution in [1.82, 2.24) is 0 Å². The third-order valence-corrected chi connectivity index (χ3v) is 7.01. The average molecular weight is 376 g/mol. The van der Waals surface area contributed by atoms with Gasteiger partial charge in [0, 0.05) is 25.3 Å². The highest BCUT2D eigenvalue weighted by molar-refractivity contribution is 5.88. The Bertz CT molecular complexity index is 666. The number of fused-ring (bicyclic) bond motifs is 3. The molecule has 5 rings (SSSR count). The molecule has 4 fully saturated rings. The highest BCUT2D eigenvalue weighted by Crippen LogP contribution is 2.35. The predicted molar refractivity (Wildman–Crippen MR) is 104 cm³/mol. The van der Waals surface area contributed by atoms with Gasteiger partial charge in [0.2, 0.25) is 0 Å². The molecule has 4 nitrogen and oxygen atoms in total. The average Bonchev–Trinajstić information content (AvgIpc) is 2.68. The van der Waals surface area contributed by atoms with E-state index in [9.17, 15) is 9.18 Å². The monoisotopic (exact) mass is 375 g/mol. The summed E-state index contributed by atoms with van der Waals surface area (Å²) < 4.78 is 21.5. The van der Waals surface area contributed by atoms with Crippen LogP contribution in [0.1, 0.15) is 44.9 Å². The fourth-order valence-corrected chi connectivity index (χ4v) is 5.25. The molecular weight excluding hydrogens is 343 g/mol. The van der Waals surface area contributed by atoms with Crippen molar-refractivity contribution < 1.29 is 18.4 Å². The number of likely N-dealkylation sites (N-methyl/N-ethyl adjacent to an activating group) is 1. The van der Waals surface area contributed by atoms with Crippen molar-refractivity contribution in [2.75, 3.05) is 38.1 Å². The number of rotatable bonds is 4. The molecule has 1 amide bonds. The number of carbonyl (C=O) groups excluding carboxylic acids is 1. The van der Waals surface area contributed by atoms with Gasteiger partial charge in [0.15, 0.2) is 6.10 Å². The Kier molecular flexibility index (Phi) is 5.40. The minimum Gasteiger partial charge on any atom is -0.440 e. The van der Waals surface area contributed by atoms with Crippen LogP contribution in [0.3, 0.4) is 0 Å². The zero-order chi connectivity index (χ0) is 18.9. The largest absolute Gasteiger partial charge is 0.440 e. The van der Waals surface area contributed by atoms with Crippen LogP contribution in [0.4, 0.5) is 14.9 Å². The van der Waals surface area contributed by atoms with Gasteiger partial charge in [0.1, 0.15) is 12.4 Å². The Morgan fingerprint density at radius 3 is 2.52 bits per heavy atom. The number of piperidine rings is 3. The normalized spacial score (nSPS) is 30.9. The molecule has 1 atom stereocenters. The zero-order valence-corrected chi connectivity index (χ0v) is 16.4. The maximum Gasteiger partial charge on any atom is 0.414 e. The highest BCUT2D eigenvalue weighted by atomic mass is 19.1. The molecule has 0 N–H and O–H groups in total. The van der Waals surface area contributed by atoms with Gasteiger partial charge in [-0.2, -0.15) is 0 Å². The molecule has 3 heterocycles. The number of amides is 1. The Morgan fingerprint density at radius 2 is 1.85 bits per heavy atom. The SMILES string of the molecule is C[N+]12CCC(CC1)[C@@H](OC(=O)N(CC1CCCCC1)c1ccccc1F)C2. The quantitative estimate of drug-likeness (QED) is 0.721. The van der Waals surface area contributed by atoms with Gasteiger partial charge in [0.25, 0.3) is 0 Å². The summed E-state index contributed by atoms with van der Waals surface area (Å²) in [4.78, 5) is 14.7. The molecule has 0 spiro atoms. The van der Waals surface area contributed by atoms with Gasteiger partial charge in [-0.15, -0.1) is 0 Å². The van der Waals surface area contributed by atoms with E-state index < -0.39 is 0 Å². The Balaban J connectivity index is 1.50. The van der Waals surface area contributed by atoms with E-state index in [-0.39, 0.29) is 18.0 Å². The number of carbonyl (C=O) groups is 1. The van der Waals surface area contributed by atoms with E-state index in [1.807, 2.05) is 0 Å². The number of nitrogens with zero attached hydrogens (tertiary/aromatic N) is 2. The van der Waals surface area contributed by atoms with Crippen LogP contribution < -0.4 is 4.90 Å². The number of halogens is 1. The molecule has 0 aromatic heterocycles. The molecule has 5 heteroatoms. The van der Waals surface area contributed by atoms with E-state index in [1.165, 1.54) is 38.4 Å². The number of hydrogen-bond donors (Lipinski definition) is 0. The molecule has 1 saturated carbocycles. The summed E-state index contributed by atoms with van der Waals surface area (Å²) in [6.45, 7) is 3.81. The standard InChI is InChI=1S/C22H32FN2O2/c1-25-13-11-18(12-14-25)21(16-25)27-22(26)24(15-17-7-3-2-4-8-17)20-10-6-5-9-19(20)23/h5-6,9-10,17-18,21H,2-4,7-8,11-16H2,1H3/q+1/t18?,21-,25?/m0/s1. The van der Waals surface area contributed by atoms with Crippen LogP contribution in [0.15, 0.2) is 24.3 Å². The van der Waals surface area contributed by atoms with Crippen LogP contribution in [-0.4, -0.2) is 49.9 Å². The molecule has 4 aliphatic rings. The van der Waals surface area contributed by atoms with Crippen LogP contribution in [0.5, 0.6) is 0 Å². The number of hydrogen-bond acceptors (Lipinski definition) is 2. The number of anilines is 1. The molecule has 27 heavy (non-hydrogen) atoms. The van der Waals surface area contributed by atoms with Gasteiger partial charge in [-0.25, -0.2) is 9.18 Å². The Labute approximate surface area is 161 Å². The van der Waals surface area contributed by atoms with Gasteiger partial charge in [-0.05, 0) is 30.9 Å². The first-order chi connectivity index (χ1) is 13.0. The summed E-state index contributed by atoms with van der Waals surface area (Å²) >= 11 is 0. The second-order valence-corrected chi connectivity index (χ2v) is 9.07. The summed E-state index contributed by atoms with van der Waals surface area (Å²) in [5.74, 6) is 0.547. The zero-order valence-electron chi connectivity index (χ0n) is 16.4. The second-order valence-electron chi connectivity index (χ2n) is 9.07. The first-order valence-corrected chi connectivity index (χ1v) is 10.6. The third kappa shape index (κ3) is 4.13.